The Morgan fingerprint density at radius 1 is 1.36 bits per heavy atom. The summed E-state index contributed by atoms with van der Waals surface area (Å²) in [7, 11) is 0. The van der Waals surface area contributed by atoms with Gasteiger partial charge in [-0.1, -0.05) is 6.07 Å². The summed E-state index contributed by atoms with van der Waals surface area (Å²) in [6.07, 6.45) is 3.55. The van der Waals surface area contributed by atoms with Gasteiger partial charge in [0.05, 0.1) is 12.2 Å². The van der Waals surface area contributed by atoms with E-state index in [9.17, 15) is 4.79 Å². The molecule has 1 aliphatic heterocycles. The van der Waals surface area contributed by atoms with E-state index in [1.807, 2.05) is 31.2 Å². The summed E-state index contributed by atoms with van der Waals surface area (Å²) in [4.78, 5) is 21.8. The number of pyridine rings is 2. The molecule has 0 saturated carbocycles. The summed E-state index contributed by atoms with van der Waals surface area (Å²) >= 11 is 3.29. The van der Waals surface area contributed by atoms with Gasteiger partial charge in [-0.15, -0.1) is 0 Å². The molecule has 0 amide bonds. The van der Waals surface area contributed by atoms with Gasteiger partial charge >= 0.3 is 0 Å². The van der Waals surface area contributed by atoms with E-state index in [4.69, 9.17) is 4.74 Å². The van der Waals surface area contributed by atoms with E-state index in [1.54, 1.807) is 6.20 Å². The Bertz CT molecular complexity index is 676. The fraction of sp³-hybridized carbons (Fsp3) is 0.312. The van der Waals surface area contributed by atoms with Crippen molar-refractivity contribution in [2.24, 2.45) is 0 Å². The van der Waals surface area contributed by atoms with Crippen molar-refractivity contribution in [3.05, 3.63) is 46.3 Å². The second-order valence-corrected chi connectivity index (χ2v) is 6.12. The van der Waals surface area contributed by atoms with Gasteiger partial charge < -0.3 is 9.64 Å². The smallest absolute Gasteiger partial charge is 0.213 e. The topological polar surface area (TPSA) is 55.3 Å². The molecule has 6 heteroatoms. The molecular formula is C16H16BrN3O2. The quantitative estimate of drug-likeness (QED) is 0.618. The van der Waals surface area contributed by atoms with Crippen LogP contribution in [0.25, 0.3) is 0 Å². The lowest BCUT2D eigenvalue weighted by molar-refractivity contribution is 0.111. The summed E-state index contributed by atoms with van der Waals surface area (Å²) in [6, 6.07) is 7.62. The summed E-state index contributed by atoms with van der Waals surface area (Å²) in [5.41, 5.74) is 2.40. The SMILES string of the molecule is Cc1ccc(O[C@H]2CCN(c3ccc(Br)nc3C=O)C2)nc1. The number of rotatable bonds is 4. The molecule has 0 aliphatic carbocycles. The van der Waals surface area contributed by atoms with Crippen LogP contribution < -0.4 is 9.64 Å². The minimum absolute atomic E-state index is 0.0679. The van der Waals surface area contributed by atoms with E-state index in [0.717, 1.165) is 37.0 Å². The Morgan fingerprint density at radius 3 is 2.95 bits per heavy atom. The molecule has 114 valence electrons. The fourth-order valence-electron chi connectivity index (χ4n) is 2.53. The Morgan fingerprint density at radius 2 is 2.23 bits per heavy atom. The Balaban J connectivity index is 1.69. The van der Waals surface area contributed by atoms with Gasteiger partial charge in [-0.3, -0.25) is 4.79 Å². The van der Waals surface area contributed by atoms with Gasteiger partial charge in [0.2, 0.25) is 5.88 Å². The van der Waals surface area contributed by atoms with Crippen LogP contribution in [0.3, 0.4) is 0 Å². The molecule has 5 nitrogen and oxygen atoms in total. The zero-order valence-electron chi connectivity index (χ0n) is 12.2. The molecule has 3 rings (SSSR count). The first-order valence-corrected chi connectivity index (χ1v) is 7.91. The van der Waals surface area contributed by atoms with Crippen LogP contribution in [0, 0.1) is 6.92 Å². The molecule has 1 saturated heterocycles. The second-order valence-electron chi connectivity index (χ2n) is 5.30. The van der Waals surface area contributed by atoms with Gasteiger partial charge in [0.15, 0.2) is 6.29 Å². The first-order valence-electron chi connectivity index (χ1n) is 7.11. The van der Waals surface area contributed by atoms with Gasteiger partial charge in [-0.05, 0) is 40.5 Å². The first kappa shape index (κ1) is 15.0. The van der Waals surface area contributed by atoms with Crippen molar-refractivity contribution in [3.63, 3.8) is 0 Å². The highest BCUT2D eigenvalue weighted by atomic mass is 79.9. The molecular weight excluding hydrogens is 346 g/mol. The Labute approximate surface area is 137 Å². The highest BCUT2D eigenvalue weighted by Gasteiger charge is 2.26. The van der Waals surface area contributed by atoms with Crippen LogP contribution >= 0.6 is 15.9 Å². The lowest BCUT2D eigenvalue weighted by atomic mass is 10.3. The molecule has 1 atom stereocenters. The van der Waals surface area contributed by atoms with Crippen molar-refractivity contribution < 1.29 is 9.53 Å². The molecule has 0 aromatic carbocycles. The van der Waals surface area contributed by atoms with Gasteiger partial charge in [-0.2, -0.15) is 0 Å². The minimum Gasteiger partial charge on any atom is -0.472 e. The molecule has 1 fully saturated rings. The summed E-state index contributed by atoms with van der Waals surface area (Å²) < 4.78 is 6.57. The number of hydrogen-bond donors (Lipinski definition) is 0. The van der Waals surface area contributed by atoms with Crippen LogP contribution in [0.15, 0.2) is 35.1 Å². The molecule has 3 heterocycles. The number of ether oxygens (including phenoxy) is 1. The zero-order valence-corrected chi connectivity index (χ0v) is 13.8. The maximum Gasteiger partial charge on any atom is 0.213 e. The number of aromatic nitrogens is 2. The lowest BCUT2D eigenvalue weighted by Crippen LogP contribution is -2.25. The monoisotopic (exact) mass is 361 g/mol. The molecule has 0 spiro atoms. The number of aldehydes is 1. The third kappa shape index (κ3) is 3.27. The van der Waals surface area contributed by atoms with Crippen molar-refractivity contribution in [1.29, 1.82) is 0 Å². The van der Waals surface area contributed by atoms with Crippen LogP contribution in [0.4, 0.5) is 5.69 Å². The molecule has 1 aliphatic rings. The summed E-state index contributed by atoms with van der Waals surface area (Å²) in [5, 5.41) is 0. The van der Waals surface area contributed by atoms with E-state index in [1.165, 1.54) is 0 Å². The standard InChI is InChI=1S/C16H16BrN3O2/c1-11-2-5-16(18-8-11)22-12-6-7-20(9-12)14-3-4-15(17)19-13(14)10-21/h2-5,8,10,12H,6-7,9H2,1H3/t12-/m0/s1. The number of carbonyl (C=O) groups is 1. The molecule has 22 heavy (non-hydrogen) atoms. The molecule has 0 unspecified atom stereocenters. The highest BCUT2D eigenvalue weighted by molar-refractivity contribution is 9.10. The van der Waals surface area contributed by atoms with E-state index < -0.39 is 0 Å². The minimum atomic E-state index is 0.0679. The highest BCUT2D eigenvalue weighted by Crippen LogP contribution is 2.26. The fourth-order valence-corrected chi connectivity index (χ4v) is 2.86. The lowest BCUT2D eigenvalue weighted by Gasteiger charge is -2.20. The third-order valence-electron chi connectivity index (χ3n) is 3.64. The average molecular weight is 362 g/mol. The second kappa shape index (κ2) is 6.44. The van der Waals surface area contributed by atoms with Crippen molar-refractivity contribution in [1.82, 2.24) is 9.97 Å². The predicted octanol–water partition coefficient (Wildman–Crippen LogP) is 3.02. The van der Waals surface area contributed by atoms with Crippen LogP contribution in [-0.2, 0) is 0 Å². The largest absolute Gasteiger partial charge is 0.472 e. The summed E-state index contributed by atoms with van der Waals surface area (Å²) in [5.74, 6) is 0.641. The van der Waals surface area contributed by atoms with E-state index in [-0.39, 0.29) is 6.10 Å². The van der Waals surface area contributed by atoms with Gasteiger partial charge in [0.25, 0.3) is 0 Å². The Hall–Kier alpha value is -1.95. The molecule has 0 radical (unpaired) electrons. The number of hydrogen-bond acceptors (Lipinski definition) is 5. The van der Waals surface area contributed by atoms with E-state index in [0.29, 0.717) is 16.2 Å². The van der Waals surface area contributed by atoms with Gasteiger partial charge in [0, 0.05) is 25.2 Å². The van der Waals surface area contributed by atoms with Crippen molar-refractivity contribution >= 4 is 27.9 Å². The van der Waals surface area contributed by atoms with Crippen LogP contribution in [0.1, 0.15) is 22.5 Å². The van der Waals surface area contributed by atoms with Crippen molar-refractivity contribution in [3.8, 4) is 5.88 Å². The van der Waals surface area contributed by atoms with Crippen LogP contribution in [0.2, 0.25) is 0 Å². The van der Waals surface area contributed by atoms with Gasteiger partial charge in [0.1, 0.15) is 16.4 Å². The maximum absolute atomic E-state index is 11.2. The first-order chi connectivity index (χ1) is 10.7. The third-order valence-corrected chi connectivity index (χ3v) is 4.08. The average Bonchev–Trinajstić information content (AvgIpc) is 2.97. The molecule has 2 aromatic rings. The van der Waals surface area contributed by atoms with E-state index >= 15 is 0 Å². The molecule has 0 bridgehead atoms. The van der Waals surface area contributed by atoms with E-state index in [2.05, 4.69) is 30.8 Å². The van der Waals surface area contributed by atoms with Crippen molar-refractivity contribution in [2.75, 3.05) is 18.0 Å². The number of nitrogens with zero attached hydrogens (tertiary/aromatic N) is 3. The molecule has 2 aromatic heterocycles. The zero-order chi connectivity index (χ0) is 15.5. The normalized spacial score (nSPS) is 17.5. The maximum atomic E-state index is 11.2. The van der Waals surface area contributed by atoms with Gasteiger partial charge in [-0.25, -0.2) is 9.97 Å². The number of anilines is 1. The van der Waals surface area contributed by atoms with Crippen molar-refractivity contribution in [2.45, 2.75) is 19.4 Å². The Kier molecular flexibility index (Phi) is 4.38. The number of carbonyl (C=O) groups excluding carboxylic acids is 1. The van der Waals surface area contributed by atoms with Crippen LogP contribution in [0.5, 0.6) is 5.88 Å². The predicted molar refractivity (Wildman–Crippen MR) is 87.5 cm³/mol. The van der Waals surface area contributed by atoms with Crippen LogP contribution in [-0.4, -0.2) is 35.4 Å². The molecule has 0 N–H and O–H groups in total. The number of aryl methyl sites for hydroxylation is 1. The summed E-state index contributed by atoms with van der Waals surface area (Å²) in [6.45, 7) is 3.55. The number of halogens is 1.